The monoisotopic (exact) mass is 503 g/mol. The van der Waals surface area contributed by atoms with E-state index in [4.69, 9.17) is 23.0 Å². The number of oxazole rings is 2. The highest BCUT2D eigenvalue weighted by Gasteiger charge is 2.27. The Bertz CT molecular complexity index is 1460. The molecule has 0 bridgehead atoms. The molecule has 4 aromatic rings. The Kier molecular flexibility index (Phi) is 7.40. The summed E-state index contributed by atoms with van der Waals surface area (Å²) in [5, 5.41) is 9.18. The predicted molar refractivity (Wildman–Crippen MR) is 134 cm³/mol. The predicted octanol–water partition coefficient (Wildman–Crippen LogP) is 4.80. The zero-order chi connectivity index (χ0) is 25.8. The van der Waals surface area contributed by atoms with Gasteiger partial charge in [-0.1, -0.05) is 18.2 Å². The van der Waals surface area contributed by atoms with Crippen LogP contribution in [0.25, 0.3) is 17.4 Å². The number of hydrogen-bond donors (Lipinski definition) is 0. The molecule has 1 atom stereocenters. The number of hydrogen-bond acceptors (Lipinski definition) is 8. The van der Waals surface area contributed by atoms with Gasteiger partial charge in [0.25, 0.3) is 11.4 Å². The van der Waals surface area contributed by atoms with Gasteiger partial charge in [-0.2, -0.15) is 5.26 Å². The van der Waals surface area contributed by atoms with Crippen molar-refractivity contribution in [2.75, 3.05) is 20.3 Å². The molecular formula is C28H29N3O6. The van der Waals surface area contributed by atoms with Crippen LogP contribution in [0.4, 0.5) is 0 Å². The molecule has 1 aliphatic heterocycles. The number of aryl methyl sites for hydroxylation is 2. The number of nitrogens with zero attached hydrogens (tertiary/aromatic N) is 3. The first kappa shape index (κ1) is 24.8. The summed E-state index contributed by atoms with van der Waals surface area (Å²) in [6.07, 6.45) is 5.27. The third kappa shape index (κ3) is 5.03. The number of ether oxygens (including phenoxy) is 3. The molecule has 192 valence electrons. The van der Waals surface area contributed by atoms with E-state index in [2.05, 4.69) is 11.1 Å². The zero-order valence-corrected chi connectivity index (χ0v) is 20.9. The highest BCUT2D eigenvalue weighted by Crippen LogP contribution is 2.35. The average Bonchev–Trinajstić information content (AvgIpc) is 3.58. The van der Waals surface area contributed by atoms with Crippen molar-refractivity contribution in [2.24, 2.45) is 0 Å². The maximum Gasteiger partial charge on any atom is 0.264 e. The maximum absolute atomic E-state index is 13.4. The summed E-state index contributed by atoms with van der Waals surface area (Å²) in [7, 11) is 1.64. The molecule has 5 rings (SSSR count). The molecule has 4 heterocycles. The zero-order valence-electron chi connectivity index (χ0n) is 20.9. The lowest BCUT2D eigenvalue weighted by molar-refractivity contribution is -0.0699. The van der Waals surface area contributed by atoms with E-state index >= 15 is 0 Å². The molecular weight excluding hydrogens is 474 g/mol. The van der Waals surface area contributed by atoms with Crippen molar-refractivity contribution in [1.82, 2.24) is 9.38 Å². The van der Waals surface area contributed by atoms with Crippen LogP contribution in [0.3, 0.4) is 0 Å². The number of para-hydroxylation sites is 1. The van der Waals surface area contributed by atoms with Crippen LogP contribution in [0, 0.1) is 18.3 Å². The molecule has 0 saturated carbocycles. The van der Waals surface area contributed by atoms with Crippen molar-refractivity contribution < 1.29 is 23.0 Å². The molecule has 0 spiro atoms. The van der Waals surface area contributed by atoms with E-state index < -0.39 is 0 Å². The van der Waals surface area contributed by atoms with Gasteiger partial charge in [0.1, 0.15) is 12.0 Å². The standard InChI is InChI=1S/C28H29N3O6/c1-18-25(26-30-12-15-35-26)37-28-20(16-19(6-5-11-29)27(32)31(18)28)17-24(36-21-9-13-34-14-10-21)22-7-3-4-8-23(22)33-2/h3-4,7-8,12,15-16,21,24H,5-6,9-10,13-14,17H2,1-2H3/t24-/m0/s1. The lowest BCUT2D eigenvalue weighted by Crippen LogP contribution is -2.27. The molecule has 1 aromatic carbocycles. The van der Waals surface area contributed by atoms with E-state index in [1.165, 1.54) is 12.5 Å². The summed E-state index contributed by atoms with van der Waals surface area (Å²) in [5.74, 6) is 1.41. The molecule has 0 radical (unpaired) electrons. The number of benzene rings is 1. The SMILES string of the molecule is COc1ccccc1[C@H](Cc1cc(CCC#N)c(=O)n2c(C)c(-c3ncco3)oc12)OC1CCOCC1. The number of fused-ring (bicyclic) bond motifs is 1. The summed E-state index contributed by atoms with van der Waals surface area (Å²) in [4.78, 5) is 17.7. The molecule has 0 aliphatic carbocycles. The number of rotatable bonds is 9. The van der Waals surface area contributed by atoms with Crippen molar-refractivity contribution in [3.05, 3.63) is 75.5 Å². The van der Waals surface area contributed by atoms with Crippen LogP contribution in [-0.4, -0.2) is 35.8 Å². The number of nitriles is 1. The molecule has 1 fully saturated rings. The van der Waals surface area contributed by atoms with Crippen molar-refractivity contribution in [2.45, 2.75) is 51.2 Å². The van der Waals surface area contributed by atoms with E-state index in [-0.39, 0.29) is 24.2 Å². The number of methoxy groups -OCH3 is 1. The molecule has 9 heteroatoms. The van der Waals surface area contributed by atoms with Crippen molar-refractivity contribution >= 4 is 5.71 Å². The summed E-state index contributed by atoms with van der Waals surface area (Å²) < 4.78 is 31.1. The molecule has 3 aromatic heterocycles. The van der Waals surface area contributed by atoms with Gasteiger partial charge in [0.2, 0.25) is 11.5 Å². The van der Waals surface area contributed by atoms with Gasteiger partial charge in [-0.05, 0) is 38.3 Å². The smallest absolute Gasteiger partial charge is 0.264 e. The van der Waals surface area contributed by atoms with Crippen molar-refractivity contribution in [1.29, 1.82) is 5.26 Å². The average molecular weight is 504 g/mol. The van der Waals surface area contributed by atoms with Crippen LogP contribution in [0.5, 0.6) is 5.75 Å². The molecule has 1 aliphatic rings. The lowest BCUT2D eigenvalue weighted by Gasteiger charge is -2.29. The van der Waals surface area contributed by atoms with E-state index in [1.54, 1.807) is 18.4 Å². The molecule has 37 heavy (non-hydrogen) atoms. The van der Waals surface area contributed by atoms with E-state index in [1.807, 2.05) is 30.3 Å². The first-order valence-corrected chi connectivity index (χ1v) is 12.4. The van der Waals surface area contributed by atoms with E-state index in [0.717, 1.165) is 29.7 Å². The van der Waals surface area contributed by atoms with E-state index in [9.17, 15) is 10.1 Å². The fraction of sp³-hybridized carbons (Fsp3) is 0.393. The second-order valence-electron chi connectivity index (χ2n) is 9.04. The first-order valence-electron chi connectivity index (χ1n) is 12.4. The fourth-order valence-corrected chi connectivity index (χ4v) is 4.86. The summed E-state index contributed by atoms with van der Waals surface area (Å²) in [6, 6.07) is 11.8. The molecule has 9 nitrogen and oxygen atoms in total. The summed E-state index contributed by atoms with van der Waals surface area (Å²) >= 11 is 0. The first-order chi connectivity index (χ1) is 18.1. The van der Waals surface area contributed by atoms with E-state index in [0.29, 0.717) is 54.7 Å². The third-order valence-electron chi connectivity index (χ3n) is 6.72. The highest BCUT2D eigenvalue weighted by atomic mass is 16.5. The quantitative estimate of drug-likeness (QED) is 0.320. The molecule has 0 unspecified atom stereocenters. The Hall–Kier alpha value is -3.87. The van der Waals surface area contributed by atoms with Crippen LogP contribution >= 0.6 is 0 Å². The molecule has 1 saturated heterocycles. The van der Waals surface area contributed by atoms with Crippen LogP contribution in [0.15, 0.2) is 56.4 Å². The minimum Gasteiger partial charge on any atom is -0.496 e. The van der Waals surface area contributed by atoms with Crippen LogP contribution < -0.4 is 10.3 Å². The van der Waals surface area contributed by atoms with Crippen molar-refractivity contribution in [3.63, 3.8) is 0 Å². The lowest BCUT2D eigenvalue weighted by atomic mass is 9.98. The Labute approximate surface area is 214 Å². The molecule has 0 N–H and O–H groups in total. The van der Waals surface area contributed by atoms with Crippen LogP contribution in [0.1, 0.15) is 47.8 Å². The Morgan fingerprint density at radius 3 is 2.78 bits per heavy atom. The molecule has 0 amide bonds. The second kappa shape index (κ2) is 11.0. The van der Waals surface area contributed by atoms with Gasteiger partial charge in [-0.3, -0.25) is 4.79 Å². The minimum atomic E-state index is -0.361. The minimum absolute atomic E-state index is 0.0323. The Morgan fingerprint density at radius 1 is 1.24 bits per heavy atom. The van der Waals surface area contributed by atoms with Gasteiger partial charge < -0.3 is 23.0 Å². The Balaban J connectivity index is 1.64. The second-order valence-corrected chi connectivity index (χ2v) is 9.04. The van der Waals surface area contributed by atoms with Crippen LogP contribution in [-0.2, 0) is 22.3 Å². The maximum atomic E-state index is 13.4. The number of pyridine rings is 1. The summed E-state index contributed by atoms with van der Waals surface area (Å²) in [6.45, 7) is 3.11. The highest BCUT2D eigenvalue weighted by molar-refractivity contribution is 5.58. The summed E-state index contributed by atoms with van der Waals surface area (Å²) in [5.41, 5.74) is 3.02. The van der Waals surface area contributed by atoms with Crippen molar-refractivity contribution in [3.8, 4) is 23.5 Å². The van der Waals surface area contributed by atoms with Gasteiger partial charge in [0.15, 0.2) is 0 Å². The van der Waals surface area contributed by atoms with Crippen LogP contribution in [0.2, 0.25) is 0 Å². The third-order valence-corrected chi connectivity index (χ3v) is 6.72. The number of aromatic nitrogens is 2. The van der Waals surface area contributed by atoms with Gasteiger partial charge >= 0.3 is 0 Å². The largest absolute Gasteiger partial charge is 0.496 e. The van der Waals surface area contributed by atoms with Gasteiger partial charge in [-0.25, -0.2) is 9.38 Å². The van der Waals surface area contributed by atoms with Gasteiger partial charge in [0, 0.05) is 42.7 Å². The normalized spacial score (nSPS) is 15.1. The fourth-order valence-electron chi connectivity index (χ4n) is 4.86. The Morgan fingerprint density at radius 2 is 2.05 bits per heavy atom. The van der Waals surface area contributed by atoms with Gasteiger partial charge in [0.05, 0.1) is 37.3 Å². The topological polar surface area (TPSA) is 112 Å². The van der Waals surface area contributed by atoms with Gasteiger partial charge in [-0.15, -0.1) is 0 Å².